The Morgan fingerprint density at radius 3 is 1.91 bits per heavy atom. The van der Waals surface area contributed by atoms with Crippen molar-refractivity contribution in [2.24, 2.45) is 0 Å². The largest absolute Gasteiger partial charge is 0.496 e. The Morgan fingerprint density at radius 2 is 1.36 bits per heavy atom. The van der Waals surface area contributed by atoms with Crippen molar-refractivity contribution in [3.8, 4) is 17.2 Å². The second-order valence-electron chi connectivity index (χ2n) is 6.24. The van der Waals surface area contributed by atoms with E-state index in [1.165, 1.54) is 11.1 Å². The highest BCUT2D eigenvalue weighted by Gasteiger charge is 2.17. The number of hydrogen-bond donors (Lipinski definition) is 0. The molecule has 0 fully saturated rings. The van der Waals surface area contributed by atoms with Gasteiger partial charge in [0.1, 0.15) is 23.9 Å². The van der Waals surface area contributed by atoms with Gasteiger partial charge in [-0.1, -0.05) is 45.0 Å². The van der Waals surface area contributed by atoms with Crippen molar-refractivity contribution in [3.05, 3.63) is 53.6 Å². The first-order valence-electron chi connectivity index (χ1n) is 7.38. The average molecular weight is 300 g/mol. The van der Waals surface area contributed by atoms with Gasteiger partial charge in [-0.25, -0.2) is 0 Å². The van der Waals surface area contributed by atoms with Crippen LogP contribution in [0.2, 0.25) is 0 Å². The fraction of sp³-hybridized carbons (Fsp3) is 0.368. The number of ether oxygens (including phenoxy) is 3. The quantitative estimate of drug-likeness (QED) is 0.809. The van der Waals surface area contributed by atoms with Crippen molar-refractivity contribution in [2.45, 2.75) is 32.8 Å². The van der Waals surface area contributed by atoms with E-state index in [2.05, 4.69) is 39.0 Å². The van der Waals surface area contributed by atoms with Crippen LogP contribution in [0, 0.1) is 0 Å². The molecular formula is C19H24O3. The van der Waals surface area contributed by atoms with E-state index in [0.717, 1.165) is 17.2 Å². The second kappa shape index (κ2) is 6.73. The molecule has 0 N–H and O–H groups in total. The van der Waals surface area contributed by atoms with Gasteiger partial charge in [0.15, 0.2) is 0 Å². The molecule has 2 aromatic carbocycles. The smallest absolute Gasteiger partial charge is 0.127 e. The normalized spacial score (nSPS) is 11.1. The standard InChI is InChI=1S/C19H24O3/c1-19(2,3)18-9-7-6-8-14(18)13-22-17-11-15(20-4)10-16(12-17)21-5/h6-12H,13H2,1-5H3. The Kier molecular flexibility index (Phi) is 4.96. The molecule has 0 spiro atoms. The van der Waals surface area contributed by atoms with Crippen LogP contribution in [0.15, 0.2) is 42.5 Å². The Balaban J connectivity index is 2.20. The minimum Gasteiger partial charge on any atom is -0.496 e. The lowest BCUT2D eigenvalue weighted by atomic mass is 9.84. The Labute approximate surface area is 132 Å². The van der Waals surface area contributed by atoms with Crippen LogP contribution in [0.1, 0.15) is 31.9 Å². The van der Waals surface area contributed by atoms with E-state index in [0.29, 0.717) is 6.61 Å². The summed E-state index contributed by atoms with van der Waals surface area (Å²) in [6, 6.07) is 13.9. The van der Waals surface area contributed by atoms with Gasteiger partial charge in [0.2, 0.25) is 0 Å². The van der Waals surface area contributed by atoms with Crippen LogP contribution < -0.4 is 14.2 Å². The van der Waals surface area contributed by atoms with Crippen LogP contribution in [0.4, 0.5) is 0 Å². The van der Waals surface area contributed by atoms with E-state index < -0.39 is 0 Å². The maximum atomic E-state index is 5.95. The summed E-state index contributed by atoms with van der Waals surface area (Å²) in [6.07, 6.45) is 0. The molecule has 0 unspecified atom stereocenters. The summed E-state index contributed by atoms with van der Waals surface area (Å²) in [5, 5.41) is 0. The molecule has 0 saturated carbocycles. The minimum absolute atomic E-state index is 0.0893. The van der Waals surface area contributed by atoms with Gasteiger partial charge in [-0.2, -0.15) is 0 Å². The summed E-state index contributed by atoms with van der Waals surface area (Å²) >= 11 is 0. The third kappa shape index (κ3) is 3.94. The van der Waals surface area contributed by atoms with Crippen molar-refractivity contribution in [1.29, 1.82) is 0 Å². The molecule has 0 atom stereocenters. The summed E-state index contributed by atoms with van der Waals surface area (Å²) in [5.74, 6) is 2.18. The van der Waals surface area contributed by atoms with Crippen LogP contribution >= 0.6 is 0 Å². The first-order valence-corrected chi connectivity index (χ1v) is 7.38. The Hall–Kier alpha value is -2.16. The van der Waals surface area contributed by atoms with Gasteiger partial charge in [0, 0.05) is 18.2 Å². The van der Waals surface area contributed by atoms with Gasteiger partial charge in [-0.15, -0.1) is 0 Å². The molecule has 0 saturated heterocycles. The molecule has 0 amide bonds. The number of benzene rings is 2. The van der Waals surface area contributed by atoms with E-state index >= 15 is 0 Å². The van der Waals surface area contributed by atoms with Gasteiger partial charge >= 0.3 is 0 Å². The fourth-order valence-electron chi connectivity index (χ4n) is 2.40. The second-order valence-corrected chi connectivity index (χ2v) is 6.24. The lowest BCUT2D eigenvalue weighted by molar-refractivity contribution is 0.297. The monoisotopic (exact) mass is 300 g/mol. The first kappa shape index (κ1) is 16.2. The van der Waals surface area contributed by atoms with E-state index in [-0.39, 0.29) is 5.41 Å². The zero-order chi connectivity index (χ0) is 16.2. The molecule has 22 heavy (non-hydrogen) atoms. The molecule has 2 rings (SSSR count). The SMILES string of the molecule is COc1cc(OC)cc(OCc2ccccc2C(C)(C)C)c1. The maximum absolute atomic E-state index is 5.95. The lowest BCUT2D eigenvalue weighted by Crippen LogP contribution is -2.15. The predicted molar refractivity (Wildman–Crippen MR) is 89.0 cm³/mol. The molecule has 0 aromatic heterocycles. The van der Waals surface area contributed by atoms with Crippen molar-refractivity contribution in [1.82, 2.24) is 0 Å². The van der Waals surface area contributed by atoms with Crippen molar-refractivity contribution < 1.29 is 14.2 Å². The van der Waals surface area contributed by atoms with Crippen molar-refractivity contribution >= 4 is 0 Å². The molecule has 2 aromatic rings. The summed E-state index contributed by atoms with van der Waals surface area (Å²) in [5.41, 5.74) is 2.58. The molecule has 118 valence electrons. The molecule has 0 heterocycles. The van der Waals surface area contributed by atoms with Crippen LogP contribution in [-0.2, 0) is 12.0 Å². The van der Waals surface area contributed by atoms with Crippen molar-refractivity contribution in [3.63, 3.8) is 0 Å². The van der Waals surface area contributed by atoms with Crippen molar-refractivity contribution in [2.75, 3.05) is 14.2 Å². The predicted octanol–water partition coefficient (Wildman–Crippen LogP) is 4.58. The minimum atomic E-state index is 0.0893. The van der Waals surface area contributed by atoms with Crippen LogP contribution in [0.25, 0.3) is 0 Å². The molecule has 3 heteroatoms. The average Bonchev–Trinajstić information content (AvgIpc) is 2.52. The Bertz CT molecular complexity index is 605. The van der Waals surface area contributed by atoms with Gasteiger partial charge < -0.3 is 14.2 Å². The summed E-state index contributed by atoms with van der Waals surface area (Å²) in [6.45, 7) is 7.14. The molecule has 3 nitrogen and oxygen atoms in total. The molecule has 0 aliphatic heterocycles. The van der Waals surface area contributed by atoms with Crippen LogP contribution in [0.3, 0.4) is 0 Å². The molecular weight excluding hydrogens is 276 g/mol. The van der Waals surface area contributed by atoms with Gasteiger partial charge in [-0.05, 0) is 16.5 Å². The van der Waals surface area contributed by atoms with Gasteiger partial charge in [0.25, 0.3) is 0 Å². The van der Waals surface area contributed by atoms with Gasteiger partial charge in [-0.3, -0.25) is 0 Å². The highest BCUT2D eigenvalue weighted by atomic mass is 16.5. The lowest BCUT2D eigenvalue weighted by Gasteiger charge is -2.23. The summed E-state index contributed by atoms with van der Waals surface area (Å²) in [4.78, 5) is 0. The topological polar surface area (TPSA) is 27.7 Å². The van der Waals surface area contributed by atoms with E-state index in [1.807, 2.05) is 24.3 Å². The number of rotatable bonds is 5. The molecule has 0 radical (unpaired) electrons. The molecule has 0 bridgehead atoms. The van der Waals surface area contributed by atoms with E-state index in [4.69, 9.17) is 14.2 Å². The molecule has 0 aliphatic carbocycles. The third-order valence-electron chi connectivity index (χ3n) is 3.54. The highest BCUT2D eigenvalue weighted by Crippen LogP contribution is 2.30. The highest BCUT2D eigenvalue weighted by molar-refractivity contribution is 5.42. The first-order chi connectivity index (χ1) is 10.4. The number of methoxy groups -OCH3 is 2. The summed E-state index contributed by atoms with van der Waals surface area (Å²) in [7, 11) is 3.26. The Morgan fingerprint density at radius 1 is 0.818 bits per heavy atom. The number of hydrogen-bond acceptors (Lipinski definition) is 3. The zero-order valence-electron chi connectivity index (χ0n) is 14.0. The maximum Gasteiger partial charge on any atom is 0.127 e. The fourth-order valence-corrected chi connectivity index (χ4v) is 2.40. The van der Waals surface area contributed by atoms with E-state index in [9.17, 15) is 0 Å². The van der Waals surface area contributed by atoms with Gasteiger partial charge in [0.05, 0.1) is 14.2 Å². The van der Waals surface area contributed by atoms with Crippen LogP contribution in [0.5, 0.6) is 17.2 Å². The summed E-state index contributed by atoms with van der Waals surface area (Å²) < 4.78 is 16.5. The third-order valence-corrected chi connectivity index (χ3v) is 3.54. The zero-order valence-corrected chi connectivity index (χ0v) is 14.0. The van der Waals surface area contributed by atoms with E-state index in [1.54, 1.807) is 14.2 Å². The van der Waals surface area contributed by atoms with Crippen LogP contribution in [-0.4, -0.2) is 14.2 Å². The molecule has 0 aliphatic rings.